The molecule has 2 heterocycles. The van der Waals surface area contributed by atoms with Crippen LogP contribution in [0.4, 0.5) is 0 Å². The summed E-state index contributed by atoms with van der Waals surface area (Å²) in [5.41, 5.74) is 5.67. The van der Waals surface area contributed by atoms with Gasteiger partial charge in [-0.15, -0.1) is 0 Å². The van der Waals surface area contributed by atoms with Gasteiger partial charge in [0.15, 0.2) is 0 Å². The zero-order valence-corrected chi connectivity index (χ0v) is 14.2. The maximum atomic E-state index is 12.2. The smallest absolute Gasteiger partial charge is 0.224 e. The summed E-state index contributed by atoms with van der Waals surface area (Å²) < 4.78 is 0. The summed E-state index contributed by atoms with van der Waals surface area (Å²) in [5.74, 6) is 0.0586. The number of aromatic nitrogens is 2. The molecule has 0 bridgehead atoms. The summed E-state index contributed by atoms with van der Waals surface area (Å²) in [6, 6.07) is 16.6. The second kappa shape index (κ2) is 6.48. The Hall–Kier alpha value is -3.01. The van der Waals surface area contributed by atoms with Gasteiger partial charge in [0.1, 0.15) is 0 Å². The Balaban J connectivity index is 1.35. The van der Waals surface area contributed by atoms with Crippen molar-refractivity contribution >= 4 is 27.7 Å². The van der Waals surface area contributed by atoms with Crippen molar-refractivity contribution in [2.45, 2.75) is 19.8 Å². The van der Waals surface area contributed by atoms with E-state index in [-0.39, 0.29) is 5.91 Å². The third-order valence-corrected chi connectivity index (χ3v) is 4.58. The molecule has 4 rings (SSSR count). The van der Waals surface area contributed by atoms with Gasteiger partial charge in [-0.25, -0.2) is 0 Å². The molecular weight excluding hydrogens is 310 g/mol. The highest BCUT2D eigenvalue weighted by atomic mass is 16.1. The molecule has 0 aliphatic heterocycles. The van der Waals surface area contributed by atoms with Gasteiger partial charge in [0.05, 0.1) is 6.42 Å². The number of nitrogens with one attached hydrogen (secondary N) is 3. The molecule has 1 amide bonds. The maximum Gasteiger partial charge on any atom is 0.224 e. The third kappa shape index (κ3) is 3.29. The first-order chi connectivity index (χ1) is 12.2. The minimum Gasteiger partial charge on any atom is -0.361 e. The van der Waals surface area contributed by atoms with Gasteiger partial charge in [0.2, 0.25) is 5.91 Å². The highest BCUT2D eigenvalue weighted by Crippen LogP contribution is 2.18. The van der Waals surface area contributed by atoms with E-state index in [9.17, 15) is 4.79 Å². The average molecular weight is 331 g/mol. The molecule has 4 nitrogen and oxygen atoms in total. The Bertz CT molecular complexity index is 1040. The van der Waals surface area contributed by atoms with Crippen LogP contribution in [0, 0.1) is 6.92 Å². The fourth-order valence-electron chi connectivity index (χ4n) is 3.34. The van der Waals surface area contributed by atoms with Gasteiger partial charge in [0.25, 0.3) is 0 Å². The third-order valence-electron chi connectivity index (χ3n) is 4.58. The summed E-state index contributed by atoms with van der Waals surface area (Å²) in [5, 5.41) is 5.37. The van der Waals surface area contributed by atoms with Gasteiger partial charge in [-0.3, -0.25) is 4.79 Å². The summed E-state index contributed by atoms with van der Waals surface area (Å²) in [4.78, 5) is 18.8. The predicted molar refractivity (Wildman–Crippen MR) is 102 cm³/mol. The molecule has 0 unspecified atom stereocenters. The van der Waals surface area contributed by atoms with Gasteiger partial charge in [0, 0.05) is 34.9 Å². The van der Waals surface area contributed by atoms with E-state index in [1.807, 2.05) is 30.5 Å². The number of benzene rings is 2. The van der Waals surface area contributed by atoms with E-state index < -0.39 is 0 Å². The normalized spacial score (nSPS) is 11.2. The van der Waals surface area contributed by atoms with E-state index in [2.05, 4.69) is 46.5 Å². The second-order valence-electron chi connectivity index (χ2n) is 6.51. The zero-order valence-electron chi connectivity index (χ0n) is 14.2. The first kappa shape index (κ1) is 15.5. The number of carbonyl (C=O) groups is 1. The van der Waals surface area contributed by atoms with Crippen LogP contribution in [0.2, 0.25) is 0 Å². The van der Waals surface area contributed by atoms with Crippen LogP contribution in [0.5, 0.6) is 0 Å². The molecule has 2 aromatic carbocycles. The van der Waals surface area contributed by atoms with E-state index in [1.165, 1.54) is 16.6 Å². The Morgan fingerprint density at radius 1 is 1.08 bits per heavy atom. The fourth-order valence-corrected chi connectivity index (χ4v) is 3.34. The molecule has 2 aromatic heterocycles. The molecule has 4 aromatic rings. The van der Waals surface area contributed by atoms with E-state index in [4.69, 9.17) is 0 Å². The van der Waals surface area contributed by atoms with Gasteiger partial charge in [-0.05, 0) is 54.1 Å². The minimum absolute atomic E-state index is 0.0586. The first-order valence-corrected chi connectivity index (χ1v) is 8.59. The van der Waals surface area contributed by atoms with Crippen LogP contribution in [-0.4, -0.2) is 22.4 Å². The molecule has 0 saturated heterocycles. The summed E-state index contributed by atoms with van der Waals surface area (Å²) in [6.45, 7) is 2.71. The van der Waals surface area contributed by atoms with Crippen molar-refractivity contribution in [1.82, 2.24) is 15.3 Å². The Morgan fingerprint density at radius 2 is 1.96 bits per heavy atom. The number of rotatable bonds is 5. The number of amides is 1. The van der Waals surface area contributed by atoms with E-state index in [1.54, 1.807) is 0 Å². The number of aromatic amines is 2. The highest BCUT2D eigenvalue weighted by molar-refractivity contribution is 5.88. The van der Waals surface area contributed by atoms with E-state index in [0.29, 0.717) is 13.0 Å². The molecule has 0 saturated carbocycles. The molecule has 126 valence electrons. The molecule has 3 N–H and O–H groups in total. The lowest BCUT2D eigenvalue weighted by Crippen LogP contribution is -2.27. The molecule has 0 aliphatic rings. The highest BCUT2D eigenvalue weighted by Gasteiger charge is 2.08. The number of carbonyl (C=O) groups excluding carboxylic acids is 1. The number of hydrogen-bond donors (Lipinski definition) is 3. The molecule has 0 spiro atoms. The lowest BCUT2D eigenvalue weighted by atomic mass is 10.1. The number of hydrogen-bond acceptors (Lipinski definition) is 1. The monoisotopic (exact) mass is 331 g/mol. The Kier molecular flexibility index (Phi) is 4.02. The van der Waals surface area contributed by atoms with Crippen LogP contribution in [0.1, 0.15) is 16.8 Å². The van der Waals surface area contributed by atoms with E-state index in [0.717, 1.165) is 28.4 Å². The van der Waals surface area contributed by atoms with Crippen molar-refractivity contribution in [3.8, 4) is 0 Å². The van der Waals surface area contributed by atoms with Crippen molar-refractivity contribution in [1.29, 1.82) is 0 Å². The van der Waals surface area contributed by atoms with Gasteiger partial charge in [-0.2, -0.15) is 0 Å². The quantitative estimate of drug-likeness (QED) is 0.511. The van der Waals surface area contributed by atoms with Crippen LogP contribution in [0.3, 0.4) is 0 Å². The van der Waals surface area contributed by atoms with Crippen molar-refractivity contribution in [3.63, 3.8) is 0 Å². The standard InChI is InChI=1S/C21H21N3O/c1-14-10-16-11-15(6-7-19(16)24-14)8-9-22-21(25)12-17-13-23-20-5-3-2-4-18(17)20/h2-7,10-11,13,23-24H,8-9,12H2,1H3,(H,22,25). The van der Waals surface area contributed by atoms with Crippen LogP contribution in [0.25, 0.3) is 21.8 Å². The van der Waals surface area contributed by atoms with Crippen molar-refractivity contribution in [2.24, 2.45) is 0 Å². The van der Waals surface area contributed by atoms with Crippen LogP contribution in [0.15, 0.2) is 54.7 Å². The van der Waals surface area contributed by atoms with Gasteiger partial charge < -0.3 is 15.3 Å². The summed E-state index contributed by atoms with van der Waals surface area (Å²) in [7, 11) is 0. The van der Waals surface area contributed by atoms with Crippen LogP contribution in [-0.2, 0) is 17.6 Å². The van der Waals surface area contributed by atoms with Gasteiger partial charge >= 0.3 is 0 Å². The molecule has 0 aliphatic carbocycles. The molecule has 0 fully saturated rings. The topological polar surface area (TPSA) is 60.7 Å². The Labute approximate surface area is 146 Å². The molecular formula is C21H21N3O. The lowest BCUT2D eigenvalue weighted by Gasteiger charge is -2.05. The van der Waals surface area contributed by atoms with Gasteiger partial charge in [-0.1, -0.05) is 24.3 Å². The van der Waals surface area contributed by atoms with Crippen molar-refractivity contribution < 1.29 is 4.79 Å². The number of H-pyrrole nitrogens is 2. The van der Waals surface area contributed by atoms with Crippen LogP contribution >= 0.6 is 0 Å². The number of aryl methyl sites for hydroxylation is 1. The lowest BCUT2D eigenvalue weighted by molar-refractivity contribution is -0.120. The predicted octanol–water partition coefficient (Wildman–Crippen LogP) is 3.86. The zero-order chi connectivity index (χ0) is 17.2. The largest absolute Gasteiger partial charge is 0.361 e. The number of para-hydroxylation sites is 1. The molecule has 0 radical (unpaired) electrons. The maximum absolute atomic E-state index is 12.2. The molecule has 25 heavy (non-hydrogen) atoms. The summed E-state index contributed by atoms with van der Waals surface area (Å²) >= 11 is 0. The summed E-state index contributed by atoms with van der Waals surface area (Å²) in [6.07, 6.45) is 3.16. The fraction of sp³-hybridized carbons (Fsp3) is 0.190. The van der Waals surface area contributed by atoms with Crippen LogP contribution < -0.4 is 5.32 Å². The first-order valence-electron chi connectivity index (χ1n) is 8.59. The van der Waals surface area contributed by atoms with Crippen molar-refractivity contribution in [2.75, 3.05) is 6.54 Å². The van der Waals surface area contributed by atoms with Crippen molar-refractivity contribution in [3.05, 3.63) is 71.5 Å². The average Bonchev–Trinajstić information content (AvgIpc) is 3.17. The second-order valence-corrected chi connectivity index (χ2v) is 6.51. The number of fused-ring (bicyclic) bond motifs is 2. The Morgan fingerprint density at radius 3 is 2.88 bits per heavy atom. The minimum atomic E-state index is 0.0586. The SMILES string of the molecule is Cc1cc2cc(CCNC(=O)Cc3c[nH]c4ccccc34)ccc2[nH]1. The molecule has 4 heteroatoms. The molecule has 0 atom stereocenters. The van der Waals surface area contributed by atoms with E-state index >= 15 is 0 Å².